The normalized spacial score (nSPS) is 21.4. The zero-order chi connectivity index (χ0) is 11.2. The third-order valence-electron chi connectivity index (χ3n) is 3.16. The van der Waals surface area contributed by atoms with Crippen LogP contribution in [-0.2, 0) is 5.54 Å². The maximum atomic E-state index is 13.8. The molecule has 0 bridgehead atoms. The lowest BCUT2D eigenvalue weighted by molar-refractivity contribution is 0.296. The van der Waals surface area contributed by atoms with Crippen LogP contribution in [0.25, 0.3) is 0 Å². The van der Waals surface area contributed by atoms with Crippen LogP contribution in [0.1, 0.15) is 24.8 Å². The maximum absolute atomic E-state index is 13.8. The second kappa shape index (κ2) is 3.35. The van der Waals surface area contributed by atoms with Crippen LogP contribution >= 0.6 is 0 Å². The van der Waals surface area contributed by atoms with E-state index in [0.717, 1.165) is 19.3 Å². The lowest BCUT2D eigenvalue weighted by Crippen LogP contribution is -2.20. The first-order chi connectivity index (χ1) is 7.69. The minimum absolute atomic E-state index is 0.288. The predicted molar refractivity (Wildman–Crippen MR) is 57.1 cm³/mol. The molecule has 0 aromatic heterocycles. The van der Waals surface area contributed by atoms with E-state index in [1.165, 1.54) is 6.07 Å². The van der Waals surface area contributed by atoms with E-state index in [0.29, 0.717) is 30.3 Å². The highest BCUT2D eigenvalue weighted by Crippen LogP contribution is 2.46. The number of nitrogens with two attached hydrogens (primary N) is 1. The molecular formula is C12H14FNO2. The van der Waals surface area contributed by atoms with E-state index >= 15 is 0 Å². The molecular weight excluding hydrogens is 209 g/mol. The predicted octanol–water partition coefficient (Wildman–Crippen LogP) is 1.93. The topological polar surface area (TPSA) is 44.5 Å². The SMILES string of the molecule is NC1(c2cc3c(cc2F)OCCCO3)CC1. The van der Waals surface area contributed by atoms with Crippen molar-refractivity contribution in [3.63, 3.8) is 0 Å². The van der Waals surface area contributed by atoms with Crippen molar-refractivity contribution in [3.8, 4) is 11.5 Å². The molecule has 0 unspecified atom stereocenters. The molecule has 1 aliphatic heterocycles. The smallest absolute Gasteiger partial charge is 0.164 e. The van der Waals surface area contributed by atoms with Gasteiger partial charge < -0.3 is 15.2 Å². The van der Waals surface area contributed by atoms with Gasteiger partial charge in [0.25, 0.3) is 0 Å². The standard InChI is InChI=1S/C12H14FNO2/c13-9-7-11-10(15-4-1-5-16-11)6-8(9)12(14)2-3-12/h6-7H,1-5,14H2. The van der Waals surface area contributed by atoms with Gasteiger partial charge >= 0.3 is 0 Å². The number of ether oxygens (including phenoxy) is 2. The van der Waals surface area contributed by atoms with Crippen molar-refractivity contribution in [1.29, 1.82) is 0 Å². The van der Waals surface area contributed by atoms with Gasteiger partial charge in [-0.2, -0.15) is 0 Å². The molecule has 4 heteroatoms. The summed E-state index contributed by atoms with van der Waals surface area (Å²) in [5, 5.41) is 0. The number of halogens is 1. The van der Waals surface area contributed by atoms with Crippen LogP contribution in [0.2, 0.25) is 0 Å². The first-order valence-corrected chi connectivity index (χ1v) is 5.58. The number of rotatable bonds is 1. The third-order valence-corrected chi connectivity index (χ3v) is 3.16. The third kappa shape index (κ3) is 1.53. The molecule has 1 aromatic rings. The number of benzene rings is 1. The quantitative estimate of drug-likeness (QED) is 0.791. The number of hydrogen-bond donors (Lipinski definition) is 1. The fourth-order valence-corrected chi connectivity index (χ4v) is 1.97. The Kier molecular flexibility index (Phi) is 2.07. The zero-order valence-corrected chi connectivity index (χ0v) is 8.96. The van der Waals surface area contributed by atoms with Crippen molar-refractivity contribution in [2.24, 2.45) is 5.73 Å². The molecule has 86 valence electrons. The fourth-order valence-electron chi connectivity index (χ4n) is 1.97. The summed E-state index contributed by atoms with van der Waals surface area (Å²) in [5.74, 6) is 0.817. The lowest BCUT2D eigenvalue weighted by Gasteiger charge is -2.14. The molecule has 1 fully saturated rings. The summed E-state index contributed by atoms with van der Waals surface area (Å²) in [6.45, 7) is 1.18. The van der Waals surface area contributed by atoms with Crippen molar-refractivity contribution >= 4 is 0 Å². The molecule has 2 aliphatic rings. The van der Waals surface area contributed by atoms with Crippen LogP contribution in [0.5, 0.6) is 11.5 Å². The van der Waals surface area contributed by atoms with Gasteiger partial charge in [0, 0.05) is 23.6 Å². The van der Waals surface area contributed by atoms with Crippen LogP contribution in [0, 0.1) is 5.82 Å². The second-order valence-corrected chi connectivity index (χ2v) is 4.49. The highest BCUT2D eigenvalue weighted by molar-refractivity contribution is 5.47. The van der Waals surface area contributed by atoms with Crippen LogP contribution < -0.4 is 15.2 Å². The van der Waals surface area contributed by atoms with Gasteiger partial charge in [0.1, 0.15) is 5.82 Å². The summed E-state index contributed by atoms with van der Waals surface area (Å²) < 4.78 is 24.8. The Hall–Kier alpha value is -1.29. The Morgan fingerprint density at radius 3 is 2.38 bits per heavy atom. The van der Waals surface area contributed by atoms with E-state index in [2.05, 4.69) is 0 Å². The molecule has 0 saturated heterocycles. The molecule has 3 rings (SSSR count). The molecule has 16 heavy (non-hydrogen) atoms. The molecule has 1 saturated carbocycles. The highest BCUT2D eigenvalue weighted by Gasteiger charge is 2.42. The van der Waals surface area contributed by atoms with E-state index in [-0.39, 0.29) is 5.82 Å². The van der Waals surface area contributed by atoms with Crippen LogP contribution in [-0.4, -0.2) is 13.2 Å². The monoisotopic (exact) mass is 223 g/mol. The van der Waals surface area contributed by atoms with Gasteiger partial charge in [0.15, 0.2) is 11.5 Å². The Morgan fingerprint density at radius 1 is 1.12 bits per heavy atom. The van der Waals surface area contributed by atoms with Crippen molar-refractivity contribution < 1.29 is 13.9 Å². The summed E-state index contributed by atoms with van der Waals surface area (Å²) in [7, 11) is 0. The molecule has 0 atom stereocenters. The Morgan fingerprint density at radius 2 is 1.75 bits per heavy atom. The van der Waals surface area contributed by atoms with Crippen LogP contribution in [0.15, 0.2) is 12.1 Å². The zero-order valence-electron chi connectivity index (χ0n) is 8.96. The fraction of sp³-hybridized carbons (Fsp3) is 0.500. The summed E-state index contributed by atoms with van der Waals surface area (Å²) in [5.41, 5.74) is 6.08. The van der Waals surface area contributed by atoms with Gasteiger partial charge in [-0.05, 0) is 18.9 Å². The summed E-state index contributed by atoms with van der Waals surface area (Å²) >= 11 is 0. The van der Waals surface area contributed by atoms with Crippen LogP contribution in [0.3, 0.4) is 0 Å². The van der Waals surface area contributed by atoms with Gasteiger partial charge in [0.05, 0.1) is 13.2 Å². The van der Waals surface area contributed by atoms with Crippen molar-refractivity contribution in [2.45, 2.75) is 24.8 Å². The van der Waals surface area contributed by atoms with Crippen LogP contribution in [0.4, 0.5) is 4.39 Å². The lowest BCUT2D eigenvalue weighted by atomic mass is 10.0. The van der Waals surface area contributed by atoms with E-state index in [4.69, 9.17) is 15.2 Å². The first-order valence-electron chi connectivity index (χ1n) is 5.58. The van der Waals surface area contributed by atoms with Crippen molar-refractivity contribution in [3.05, 3.63) is 23.5 Å². The molecule has 1 aliphatic carbocycles. The molecule has 2 N–H and O–H groups in total. The summed E-state index contributed by atoms with van der Waals surface area (Å²) in [6.07, 6.45) is 2.49. The Bertz CT molecular complexity index is 429. The average molecular weight is 223 g/mol. The van der Waals surface area contributed by atoms with Gasteiger partial charge in [-0.25, -0.2) is 4.39 Å². The molecule has 3 nitrogen and oxygen atoms in total. The van der Waals surface area contributed by atoms with Crippen molar-refractivity contribution in [1.82, 2.24) is 0 Å². The molecule has 0 radical (unpaired) electrons. The molecule has 1 heterocycles. The Labute approximate surface area is 93.3 Å². The first kappa shape index (κ1) is 9.90. The molecule has 0 amide bonds. The minimum atomic E-state index is -0.477. The summed E-state index contributed by atoms with van der Waals surface area (Å²) in [4.78, 5) is 0. The second-order valence-electron chi connectivity index (χ2n) is 4.49. The minimum Gasteiger partial charge on any atom is -0.490 e. The molecule has 1 aromatic carbocycles. The number of hydrogen-bond acceptors (Lipinski definition) is 3. The van der Waals surface area contributed by atoms with E-state index < -0.39 is 5.54 Å². The number of fused-ring (bicyclic) bond motifs is 1. The Balaban J connectivity index is 2.05. The summed E-state index contributed by atoms with van der Waals surface area (Å²) in [6, 6.07) is 3.09. The average Bonchev–Trinajstić information content (AvgIpc) is 3.01. The van der Waals surface area contributed by atoms with Gasteiger partial charge in [-0.3, -0.25) is 0 Å². The molecule has 0 spiro atoms. The van der Waals surface area contributed by atoms with Gasteiger partial charge in [-0.1, -0.05) is 0 Å². The largest absolute Gasteiger partial charge is 0.490 e. The van der Waals surface area contributed by atoms with E-state index in [9.17, 15) is 4.39 Å². The van der Waals surface area contributed by atoms with E-state index in [1.54, 1.807) is 6.07 Å². The van der Waals surface area contributed by atoms with Gasteiger partial charge in [-0.15, -0.1) is 0 Å². The van der Waals surface area contributed by atoms with Gasteiger partial charge in [0.2, 0.25) is 0 Å². The van der Waals surface area contributed by atoms with E-state index in [1.807, 2.05) is 0 Å². The maximum Gasteiger partial charge on any atom is 0.164 e. The van der Waals surface area contributed by atoms with Crippen molar-refractivity contribution in [2.75, 3.05) is 13.2 Å². The highest BCUT2D eigenvalue weighted by atomic mass is 19.1.